The van der Waals surface area contributed by atoms with Gasteiger partial charge in [-0.1, -0.05) is 0 Å². The summed E-state index contributed by atoms with van der Waals surface area (Å²) in [5.74, 6) is 0.266. The number of nitrogens with one attached hydrogen (secondary N) is 1. The van der Waals surface area contributed by atoms with E-state index in [0.717, 1.165) is 0 Å². The van der Waals surface area contributed by atoms with Crippen LogP contribution in [0.4, 0.5) is 5.82 Å². The monoisotopic (exact) mass is 260 g/mol. The SMILES string of the molecule is COc1cc(NC(=O)c2cccnc2)nc(OC)n1. The van der Waals surface area contributed by atoms with Crippen LogP contribution in [-0.4, -0.2) is 35.1 Å². The number of ether oxygens (including phenoxy) is 2. The molecule has 0 saturated carbocycles. The van der Waals surface area contributed by atoms with E-state index in [9.17, 15) is 4.79 Å². The molecule has 0 bridgehead atoms. The lowest BCUT2D eigenvalue weighted by atomic mass is 10.3. The molecule has 0 aromatic carbocycles. The van der Waals surface area contributed by atoms with Crippen molar-refractivity contribution < 1.29 is 14.3 Å². The van der Waals surface area contributed by atoms with Gasteiger partial charge in [0.15, 0.2) is 0 Å². The second-order valence-electron chi connectivity index (χ2n) is 3.48. The molecule has 7 nitrogen and oxygen atoms in total. The highest BCUT2D eigenvalue weighted by molar-refractivity contribution is 6.03. The summed E-state index contributed by atoms with van der Waals surface area (Å²) in [6.45, 7) is 0. The number of carbonyl (C=O) groups excluding carboxylic acids is 1. The zero-order chi connectivity index (χ0) is 13.7. The van der Waals surface area contributed by atoms with E-state index >= 15 is 0 Å². The second-order valence-corrected chi connectivity index (χ2v) is 3.48. The summed E-state index contributed by atoms with van der Waals surface area (Å²) in [5.41, 5.74) is 0.430. The van der Waals surface area contributed by atoms with Gasteiger partial charge in [0.25, 0.3) is 5.91 Å². The van der Waals surface area contributed by atoms with E-state index < -0.39 is 0 Å². The van der Waals surface area contributed by atoms with Crippen LogP contribution in [0, 0.1) is 0 Å². The van der Waals surface area contributed by atoms with Crippen LogP contribution in [0.3, 0.4) is 0 Å². The van der Waals surface area contributed by atoms with Crippen molar-refractivity contribution in [1.29, 1.82) is 0 Å². The number of pyridine rings is 1. The van der Waals surface area contributed by atoms with Crippen molar-refractivity contribution in [2.45, 2.75) is 0 Å². The number of rotatable bonds is 4. The molecular formula is C12H12N4O3. The minimum Gasteiger partial charge on any atom is -0.481 e. The topological polar surface area (TPSA) is 86.2 Å². The van der Waals surface area contributed by atoms with Crippen molar-refractivity contribution in [2.75, 3.05) is 19.5 Å². The first kappa shape index (κ1) is 12.7. The highest BCUT2D eigenvalue weighted by Gasteiger charge is 2.10. The predicted octanol–water partition coefficient (Wildman–Crippen LogP) is 1.14. The molecule has 1 amide bonds. The molecule has 2 aromatic heterocycles. The fourth-order valence-electron chi connectivity index (χ4n) is 1.35. The number of aromatic nitrogens is 3. The van der Waals surface area contributed by atoms with Gasteiger partial charge in [0, 0.05) is 18.5 Å². The summed E-state index contributed by atoms with van der Waals surface area (Å²) < 4.78 is 9.91. The van der Waals surface area contributed by atoms with Gasteiger partial charge in [-0.3, -0.25) is 9.78 Å². The Bertz CT molecular complexity index is 552. The maximum Gasteiger partial charge on any atom is 0.321 e. The fraction of sp³-hybridized carbons (Fsp3) is 0.167. The highest BCUT2D eigenvalue weighted by Crippen LogP contribution is 2.17. The molecule has 98 valence electrons. The molecule has 1 N–H and O–H groups in total. The molecule has 0 aliphatic rings. The Morgan fingerprint density at radius 1 is 1.26 bits per heavy atom. The van der Waals surface area contributed by atoms with Gasteiger partial charge in [0.05, 0.1) is 19.8 Å². The van der Waals surface area contributed by atoms with Crippen LogP contribution in [0.1, 0.15) is 10.4 Å². The number of hydrogen-bond donors (Lipinski definition) is 1. The summed E-state index contributed by atoms with van der Waals surface area (Å²) in [6.07, 6.45) is 3.05. The minimum atomic E-state index is -0.323. The van der Waals surface area contributed by atoms with Gasteiger partial charge in [-0.25, -0.2) is 0 Å². The zero-order valence-electron chi connectivity index (χ0n) is 10.5. The van der Waals surface area contributed by atoms with Crippen molar-refractivity contribution in [2.24, 2.45) is 0 Å². The first-order chi connectivity index (χ1) is 9.22. The summed E-state index contributed by atoms with van der Waals surface area (Å²) in [5, 5.41) is 2.62. The Morgan fingerprint density at radius 3 is 2.74 bits per heavy atom. The number of methoxy groups -OCH3 is 2. The molecule has 2 rings (SSSR count). The lowest BCUT2D eigenvalue weighted by Crippen LogP contribution is -2.13. The van der Waals surface area contributed by atoms with E-state index in [1.165, 1.54) is 26.5 Å². The number of amides is 1. The maximum atomic E-state index is 11.9. The molecule has 19 heavy (non-hydrogen) atoms. The van der Waals surface area contributed by atoms with Gasteiger partial charge < -0.3 is 14.8 Å². The fourth-order valence-corrected chi connectivity index (χ4v) is 1.35. The normalized spacial score (nSPS) is 9.79. The van der Waals surface area contributed by atoms with Crippen molar-refractivity contribution in [1.82, 2.24) is 15.0 Å². The van der Waals surface area contributed by atoms with E-state index in [0.29, 0.717) is 11.4 Å². The Hall–Kier alpha value is -2.70. The van der Waals surface area contributed by atoms with Crippen molar-refractivity contribution in [3.63, 3.8) is 0 Å². The largest absolute Gasteiger partial charge is 0.481 e. The number of nitrogens with zero attached hydrogens (tertiary/aromatic N) is 3. The van der Waals surface area contributed by atoms with Crippen LogP contribution >= 0.6 is 0 Å². The standard InChI is InChI=1S/C12H12N4O3/c1-18-10-6-9(15-12(16-10)19-2)14-11(17)8-4-3-5-13-7-8/h3-7H,1-2H3,(H,14,15,16,17). The molecular weight excluding hydrogens is 248 g/mol. The first-order valence-electron chi connectivity index (χ1n) is 5.41. The molecule has 0 aliphatic heterocycles. The van der Waals surface area contributed by atoms with E-state index in [4.69, 9.17) is 9.47 Å². The first-order valence-corrected chi connectivity index (χ1v) is 5.41. The highest BCUT2D eigenvalue weighted by atomic mass is 16.5. The van der Waals surface area contributed by atoms with Crippen molar-refractivity contribution >= 4 is 11.7 Å². The lowest BCUT2D eigenvalue weighted by Gasteiger charge is -2.07. The lowest BCUT2D eigenvalue weighted by molar-refractivity contribution is 0.102. The second kappa shape index (κ2) is 5.76. The van der Waals surface area contributed by atoms with Crippen LogP contribution in [0.15, 0.2) is 30.6 Å². The molecule has 0 aliphatic carbocycles. The average molecular weight is 260 g/mol. The quantitative estimate of drug-likeness (QED) is 0.887. The van der Waals surface area contributed by atoms with Crippen molar-refractivity contribution in [3.8, 4) is 11.9 Å². The number of anilines is 1. The van der Waals surface area contributed by atoms with Crippen LogP contribution < -0.4 is 14.8 Å². The van der Waals surface area contributed by atoms with E-state index in [-0.39, 0.29) is 17.7 Å². The minimum absolute atomic E-state index is 0.112. The number of carbonyl (C=O) groups is 1. The molecule has 2 heterocycles. The number of hydrogen-bond acceptors (Lipinski definition) is 6. The van der Waals surface area contributed by atoms with Gasteiger partial charge in [-0.15, -0.1) is 0 Å². The molecule has 0 radical (unpaired) electrons. The molecule has 0 atom stereocenters. The van der Waals surface area contributed by atoms with E-state index in [2.05, 4.69) is 20.3 Å². The third kappa shape index (κ3) is 3.15. The van der Waals surface area contributed by atoms with Crippen LogP contribution in [0.2, 0.25) is 0 Å². The van der Waals surface area contributed by atoms with E-state index in [1.807, 2.05) is 0 Å². The summed E-state index contributed by atoms with van der Waals surface area (Å²) >= 11 is 0. The van der Waals surface area contributed by atoms with Gasteiger partial charge in [0.1, 0.15) is 5.82 Å². The average Bonchev–Trinajstić information content (AvgIpc) is 2.47. The summed E-state index contributed by atoms with van der Waals surface area (Å²) in [6, 6.07) is 4.94. The van der Waals surface area contributed by atoms with Gasteiger partial charge in [0.2, 0.25) is 5.88 Å². The molecule has 0 saturated heterocycles. The predicted molar refractivity (Wildman–Crippen MR) is 67.3 cm³/mol. The molecule has 0 spiro atoms. The third-order valence-corrected chi connectivity index (χ3v) is 2.24. The van der Waals surface area contributed by atoms with Crippen LogP contribution in [0.5, 0.6) is 11.9 Å². The Kier molecular flexibility index (Phi) is 3.87. The van der Waals surface area contributed by atoms with E-state index in [1.54, 1.807) is 18.3 Å². The Balaban J connectivity index is 2.21. The molecule has 7 heteroatoms. The maximum absolute atomic E-state index is 11.9. The zero-order valence-corrected chi connectivity index (χ0v) is 10.5. The van der Waals surface area contributed by atoms with Crippen molar-refractivity contribution in [3.05, 3.63) is 36.2 Å². The van der Waals surface area contributed by atoms with Crippen LogP contribution in [0.25, 0.3) is 0 Å². The van der Waals surface area contributed by atoms with Gasteiger partial charge in [-0.05, 0) is 12.1 Å². The van der Waals surface area contributed by atoms with Gasteiger partial charge >= 0.3 is 6.01 Å². The van der Waals surface area contributed by atoms with Crippen LogP contribution in [-0.2, 0) is 0 Å². The summed E-state index contributed by atoms with van der Waals surface area (Å²) in [4.78, 5) is 23.7. The third-order valence-electron chi connectivity index (χ3n) is 2.24. The molecule has 0 fully saturated rings. The molecule has 0 unspecified atom stereocenters. The molecule has 2 aromatic rings. The smallest absolute Gasteiger partial charge is 0.321 e. The Morgan fingerprint density at radius 2 is 2.11 bits per heavy atom. The summed E-state index contributed by atoms with van der Waals surface area (Å²) in [7, 11) is 2.90. The Labute approximate surface area is 109 Å². The van der Waals surface area contributed by atoms with Gasteiger partial charge in [-0.2, -0.15) is 9.97 Å².